The normalized spacial score (nSPS) is 11.6. The van der Waals surface area contributed by atoms with E-state index in [0.29, 0.717) is 5.41 Å². The molecule has 0 heterocycles. The van der Waals surface area contributed by atoms with Crippen molar-refractivity contribution in [3.05, 3.63) is 96.6 Å². The molecule has 3 heteroatoms. The molecule has 0 spiro atoms. The van der Waals surface area contributed by atoms with E-state index in [9.17, 15) is 4.39 Å². The Morgan fingerprint density at radius 3 is 2.19 bits per heavy atom. The van der Waals surface area contributed by atoms with Gasteiger partial charge >= 0.3 is 0 Å². The average molecular weight is 369 g/mol. The third-order valence-corrected chi connectivity index (χ3v) is 4.17. The van der Waals surface area contributed by atoms with Crippen LogP contribution in [-0.4, -0.2) is 19.0 Å². The summed E-state index contributed by atoms with van der Waals surface area (Å²) < 4.78 is 13.2. The van der Waals surface area contributed by atoms with Crippen LogP contribution in [0.4, 0.5) is 4.39 Å². The van der Waals surface area contributed by atoms with Crippen molar-refractivity contribution < 1.29 is 4.39 Å². The largest absolute Gasteiger partial charge is 0.365 e. The predicted molar refractivity (Wildman–Crippen MR) is 115 cm³/mol. The lowest BCUT2D eigenvalue weighted by atomic mass is 9.87. The molecule has 0 saturated heterocycles. The molecule has 0 saturated carbocycles. The molecule has 0 fully saturated rings. The van der Waals surface area contributed by atoms with Gasteiger partial charge in [-0.1, -0.05) is 75.9 Å². The lowest BCUT2D eigenvalue weighted by Gasteiger charge is -2.24. The summed E-state index contributed by atoms with van der Waals surface area (Å²) in [6.45, 7) is 14.3. The van der Waals surface area contributed by atoms with E-state index in [1.54, 1.807) is 6.07 Å². The van der Waals surface area contributed by atoms with Gasteiger partial charge in [0.1, 0.15) is 5.82 Å². The number of halogens is 1. The van der Waals surface area contributed by atoms with Gasteiger partial charge in [0.25, 0.3) is 0 Å². The van der Waals surface area contributed by atoms with E-state index in [2.05, 4.69) is 69.6 Å². The highest BCUT2D eigenvalue weighted by Gasteiger charge is 2.12. The SMILES string of the molecule is C=CCC(NC(=C)N(C)C)c1cccc(F)c1.CC(C)(C)c1ccccc1. The topological polar surface area (TPSA) is 15.3 Å². The molecule has 0 bridgehead atoms. The molecule has 27 heavy (non-hydrogen) atoms. The third kappa shape index (κ3) is 8.12. The quantitative estimate of drug-likeness (QED) is 0.624. The van der Waals surface area contributed by atoms with Crippen LogP contribution >= 0.6 is 0 Å². The van der Waals surface area contributed by atoms with Crippen LogP contribution in [0.2, 0.25) is 0 Å². The van der Waals surface area contributed by atoms with Gasteiger partial charge in [0.2, 0.25) is 0 Å². The second-order valence-corrected chi connectivity index (χ2v) is 7.73. The van der Waals surface area contributed by atoms with Gasteiger partial charge in [-0.15, -0.1) is 6.58 Å². The number of hydrogen-bond donors (Lipinski definition) is 1. The lowest BCUT2D eigenvalue weighted by molar-refractivity contribution is 0.428. The Balaban J connectivity index is 0.000000309. The first kappa shape index (κ1) is 22.5. The Bertz CT molecular complexity index is 715. The van der Waals surface area contributed by atoms with Crippen LogP contribution < -0.4 is 5.32 Å². The molecular weight excluding hydrogens is 335 g/mol. The summed E-state index contributed by atoms with van der Waals surface area (Å²) >= 11 is 0. The van der Waals surface area contributed by atoms with Crippen molar-refractivity contribution in [2.24, 2.45) is 0 Å². The predicted octanol–water partition coefficient (Wildman–Crippen LogP) is 6.05. The van der Waals surface area contributed by atoms with E-state index in [-0.39, 0.29) is 11.9 Å². The van der Waals surface area contributed by atoms with Crippen LogP contribution in [0, 0.1) is 5.82 Å². The standard InChI is InChI=1S/C14H19FN2.C10H14/c1-5-7-14(16-11(2)17(3)4)12-8-6-9-13(15)10-12;1-10(2,3)9-7-5-4-6-8-9/h5-6,8-10,14,16H,1-2,7H2,3-4H3;4-8H,1-3H3. The van der Waals surface area contributed by atoms with Crippen molar-refractivity contribution in [2.75, 3.05) is 14.1 Å². The Morgan fingerprint density at radius 2 is 1.74 bits per heavy atom. The molecule has 0 aromatic heterocycles. The molecule has 2 rings (SSSR count). The van der Waals surface area contributed by atoms with Gasteiger partial charge in [-0.05, 0) is 35.1 Å². The van der Waals surface area contributed by atoms with Gasteiger partial charge in [-0.3, -0.25) is 0 Å². The van der Waals surface area contributed by atoms with Crippen molar-refractivity contribution in [1.82, 2.24) is 10.2 Å². The molecule has 0 aliphatic heterocycles. The smallest absolute Gasteiger partial charge is 0.123 e. The maximum absolute atomic E-state index is 13.2. The zero-order valence-corrected chi connectivity index (χ0v) is 17.3. The molecule has 2 aromatic carbocycles. The minimum atomic E-state index is -0.228. The van der Waals surface area contributed by atoms with Crippen LogP contribution in [0.1, 0.15) is 44.4 Å². The Kier molecular flexibility index (Phi) is 8.80. The van der Waals surface area contributed by atoms with E-state index in [1.165, 1.54) is 17.7 Å². The maximum Gasteiger partial charge on any atom is 0.123 e. The van der Waals surface area contributed by atoms with Crippen LogP contribution in [0.5, 0.6) is 0 Å². The highest BCUT2D eigenvalue weighted by atomic mass is 19.1. The summed E-state index contributed by atoms with van der Waals surface area (Å²) in [5, 5.41) is 3.25. The molecular formula is C24H33FN2. The second-order valence-electron chi connectivity index (χ2n) is 7.73. The first-order valence-corrected chi connectivity index (χ1v) is 9.19. The highest BCUT2D eigenvalue weighted by molar-refractivity contribution is 5.22. The van der Waals surface area contributed by atoms with E-state index in [0.717, 1.165) is 17.8 Å². The highest BCUT2D eigenvalue weighted by Crippen LogP contribution is 2.21. The molecule has 0 amide bonds. The fraction of sp³-hybridized carbons (Fsp3) is 0.333. The minimum absolute atomic E-state index is 0.00176. The average Bonchev–Trinajstić information content (AvgIpc) is 2.62. The van der Waals surface area contributed by atoms with Crippen molar-refractivity contribution in [3.63, 3.8) is 0 Å². The summed E-state index contributed by atoms with van der Waals surface area (Å²) in [6.07, 6.45) is 2.53. The zero-order chi connectivity index (χ0) is 20.4. The van der Waals surface area contributed by atoms with Gasteiger partial charge in [-0.25, -0.2) is 4.39 Å². The van der Waals surface area contributed by atoms with Gasteiger partial charge < -0.3 is 10.2 Å². The first-order chi connectivity index (χ1) is 12.6. The summed E-state index contributed by atoms with van der Waals surface area (Å²) in [5.74, 6) is 0.565. The van der Waals surface area contributed by atoms with Crippen molar-refractivity contribution >= 4 is 0 Å². The monoisotopic (exact) mass is 368 g/mol. The number of rotatable bonds is 6. The number of nitrogens with zero attached hydrogens (tertiary/aromatic N) is 1. The summed E-state index contributed by atoms with van der Waals surface area (Å²) in [7, 11) is 3.82. The molecule has 0 aliphatic rings. The molecule has 1 N–H and O–H groups in total. The molecule has 0 aliphatic carbocycles. The maximum atomic E-state index is 13.2. The van der Waals surface area contributed by atoms with Crippen LogP contribution in [0.25, 0.3) is 0 Å². The van der Waals surface area contributed by atoms with Gasteiger partial charge in [0.05, 0.1) is 11.9 Å². The molecule has 0 radical (unpaired) electrons. The Labute approximate surface area is 164 Å². The van der Waals surface area contributed by atoms with E-state index in [4.69, 9.17) is 0 Å². The summed E-state index contributed by atoms with van der Waals surface area (Å²) in [4.78, 5) is 1.88. The van der Waals surface area contributed by atoms with E-state index in [1.807, 2.05) is 31.1 Å². The zero-order valence-electron chi connectivity index (χ0n) is 17.3. The third-order valence-electron chi connectivity index (χ3n) is 4.17. The fourth-order valence-electron chi connectivity index (χ4n) is 2.44. The summed E-state index contributed by atoms with van der Waals surface area (Å²) in [5.41, 5.74) is 2.59. The van der Waals surface area contributed by atoms with Crippen LogP contribution in [0.3, 0.4) is 0 Å². The number of hydrogen-bond acceptors (Lipinski definition) is 2. The fourth-order valence-corrected chi connectivity index (χ4v) is 2.44. The molecule has 1 atom stereocenters. The van der Waals surface area contributed by atoms with Gasteiger partial charge in [-0.2, -0.15) is 0 Å². The number of benzene rings is 2. The van der Waals surface area contributed by atoms with Crippen molar-refractivity contribution in [2.45, 2.75) is 38.6 Å². The second kappa shape index (κ2) is 10.6. The molecule has 2 nitrogen and oxygen atoms in total. The minimum Gasteiger partial charge on any atom is -0.365 e. The van der Waals surface area contributed by atoms with Crippen LogP contribution in [0.15, 0.2) is 79.7 Å². The van der Waals surface area contributed by atoms with Crippen LogP contribution in [-0.2, 0) is 5.41 Å². The first-order valence-electron chi connectivity index (χ1n) is 9.19. The van der Waals surface area contributed by atoms with Gasteiger partial charge in [0.15, 0.2) is 0 Å². The van der Waals surface area contributed by atoms with Gasteiger partial charge in [0, 0.05) is 14.1 Å². The van der Waals surface area contributed by atoms with E-state index >= 15 is 0 Å². The van der Waals surface area contributed by atoms with Crippen molar-refractivity contribution in [3.8, 4) is 0 Å². The Morgan fingerprint density at radius 1 is 1.11 bits per heavy atom. The summed E-state index contributed by atoms with van der Waals surface area (Å²) in [6, 6.07) is 17.1. The molecule has 1 unspecified atom stereocenters. The lowest BCUT2D eigenvalue weighted by Crippen LogP contribution is -2.28. The number of nitrogens with one attached hydrogen (secondary N) is 1. The molecule has 2 aromatic rings. The van der Waals surface area contributed by atoms with E-state index < -0.39 is 0 Å². The molecule has 146 valence electrons. The van der Waals surface area contributed by atoms with Crippen molar-refractivity contribution in [1.29, 1.82) is 0 Å². The Hall–Kier alpha value is -2.55.